The second-order valence-corrected chi connectivity index (χ2v) is 9.52. The number of piperidine rings is 1. The maximum absolute atomic E-state index is 13.6. The first kappa shape index (κ1) is 22.3. The molecule has 4 heterocycles. The van der Waals surface area contributed by atoms with Crippen molar-refractivity contribution >= 4 is 16.8 Å². The van der Waals surface area contributed by atoms with Crippen LogP contribution >= 0.6 is 0 Å². The van der Waals surface area contributed by atoms with Crippen LogP contribution in [0.2, 0.25) is 0 Å². The van der Waals surface area contributed by atoms with Crippen LogP contribution in [0.25, 0.3) is 10.9 Å². The van der Waals surface area contributed by atoms with Crippen molar-refractivity contribution in [1.82, 2.24) is 20.1 Å². The summed E-state index contributed by atoms with van der Waals surface area (Å²) in [4.78, 5) is 21.9. The minimum atomic E-state index is 0.143. The summed E-state index contributed by atoms with van der Waals surface area (Å²) in [5, 5.41) is 4.56. The molecule has 0 aliphatic carbocycles. The van der Waals surface area contributed by atoms with Gasteiger partial charge >= 0.3 is 0 Å². The summed E-state index contributed by atoms with van der Waals surface area (Å²) in [6, 6.07) is 6.50. The topological polar surface area (TPSA) is 69.8 Å². The van der Waals surface area contributed by atoms with Gasteiger partial charge in [-0.25, -0.2) is 0 Å². The number of H-pyrrole nitrogens is 1. The Kier molecular flexibility index (Phi) is 6.34. The zero-order chi connectivity index (χ0) is 22.9. The van der Waals surface area contributed by atoms with Crippen molar-refractivity contribution in [2.24, 2.45) is 11.8 Å². The van der Waals surface area contributed by atoms with E-state index < -0.39 is 0 Å². The smallest absolute Gasteiger partial charge is 0.253 e. The molecule has 5 rings (SSSR count). The number of ether oxygens (including phenoxy) is 2. The molecule has 1 aromatic heterocycles. The lowest BCUT2D eigenvalue weighted by atomic mass is 9.73. The standard InChI is InChI=1S/C26H36N4O3/c1-4-17-15-30-11-8-18-24-21(6-5-7-23(24)33-3)28-25(18)22(30)14-19(17)20(16-32-2)26(31)29-12-9-27-10-13-29/h5-7,16-17,19,22,27-28H,4,8-15H2,1-3H3/b20-16+. The Morgan fingerprint density at radius 2 is 2.03 bits per heavy atom. The summed E-state index contributed by atoms with van der Waals surface area (Å²) in [6.45, 7) is 7.51. The van der Waals surface area contributed by atoms with E-state index in [4.69, 9.17) is 9.47 Å². The van der Waals surface area contributed by atoms with Gasteiger partial charge in [0.1, 0.15) is 5.75 Å². The zero-order valence-electron chi connectivity index (χ0n) is 20.0. The van der Waals surface area contributed by atoms with Crippen molar-refractivity contribution in [2.75, 3.05) is 53.5 Å². The quantitative estimate of drug-likeness (QED) is 0.539. The van der Waals surface area contributed by atoms with E-state index in [0.717, 1.165) is 75.4 Å². The van der Waals surface area contributed by atoms with Crippen LogP contribution in [0.5, 0.6) is 5.75 Å². The minimum Gasteiger partial charge on any atom is -0.504 e. The number of aromatic amines is 1. The number of rotatable bonds is 5. The van der Waals surface area contributed by atoms with Crippen LogP contribution in [0.1, 0.15) is 37.1 Å². The Labute approximate surface area is 196 Å². The third-order valence-electron chi connectivity index (χ3n) is 7.90. The van der Waals surface area contributed by atoms with Crippen LogP contribution in [0.4, 0.5) is 0 Å². The number of hydrogen-bond acceptors (Lipinski definition) is 5. The van der Waals surface area contributed by atoms with Gasteiger partial charge in [-0.2, -0.15) is 0 Å². The molecule has 0 saturated carbocycles. The van der Waals surface area contributed by atoms with Crippen molar-refractivity contribution in [2.45, 2.75) is 32.2 Å². The number of aromatic nitrogens is 1. The van der Waals surface area contributed by atoms with Gasteiger partial charge in [-0.3, -0.25) is 9.69 Å². The number of benzene rings is 1. The summed E-state index contributed by atoms with van der Waals surface area (Å²) in [6.07, 6.45) is 4.73. The molecule has 33 heavy (non-hydrogen) atoms. The van der Waals surface area contributed by atoms with Crippen LogP contribution in [-0.4, -0.2) is 74.2 Å². The maximum atomic E-state index is 13.6. The molecule has 0 radical (unpaired) electrons. The Hall–Kier alpha value is -2.51. The molecule has 2 aromatic rings. The highest BCUT2D eigenvalue weighted by atomic mass is 16.5. The molecular weight excluding hydrogens is 416 g/mol. The van der Waals surface area contributed by atoms with Crippen LogP contribution in [0.3, 0.4) is 0 Å². The Balaban J connectivity index is 1.50. The molecule has 1 amide bonds. The predicted molar refractivity (Wildman–Crippen MR) is 129 cm³/mol. The highest BCUT2D eigenvalue weighted by molar-refractivity contribution is 5.94. The van der Waals surface area contributed by atoms with Gasteiger partial charge in [-0.15, -0.1) is 0 Å². The van der Waals surface area contributed by atoms with E-state index in [0.29, 0.717) is 5.92 Å². The lowest BCUT2D eigenvalue weighted by Gasteiger charge is -2.47. The number of amides is 1. The number of fused-ring (bicyclic) bond motifs is 5. The van der Waals surface area contributed by atoms with E-state index in [1.165, 1.54) is 16.6 Å². The van der Waals surface area contributed by atoms with Gasteiger partial charge in [0.05, 0.1) is 32.1 Å². The van der Waals surface area contributed by atoms with E-state index in [2.05, 4.69) is 28.2 Å². The third-order valence-corrected chi connectivity index (χ3v) is 7.90. The van der Waals surface area contributed by atoms with E-state index in [1.54, 1.807) is 20.5 Å². The van der Waals surface area contributed by atoms with Gasteiger partial charge in [0.25, 0.3) is 5.91 Å². The monoisotopic (exact) mass is 452 g/mol. The number of carbonyl (C=O) groups excluding carboxylic acids is 1. The highest BCUT2D eigenvalue weighted by Gasteiger charge is 2.43. The fourth-order valence-electron chi connectivity index (χ4n) is 6.23. The molecule has 1 aromatic carbocycles. The first-order chi connectivity index (χ1) is 16.2. The van der Waals surface area contributed by atoms with Crippen LogP contribution in [-0.2, 0) is 16.0 Å². The molecule has 0 spiro atoms. The Morgan fingerprint density at radius 1 is 1.21 bits per heavy atom. The molecule has 178 valence electrons. The Bertz CT molecular complexity index is 1040. The molecule has 3 aliphatic rings. The number of piperazine rings is 1. The van der Waals surface area contributed by atoms with Crippen molar-refractivity contribution in [3.05, 3.63) is 41.3 Å². The lowest BCUT2D eigenvalue weighted by molar-refractivity contribution is -0.129. The molecule has 3 aliphatic heterocycles. The predicted octanol–water partition coefficient (Wildman–Crippen LogP) is 3.08. The molecule has 3 unspecified atom stereocenters. The molecule has 7 heteroatoms. The van der Waals surface area contributed by atoms with Gasteiger partial charge in [-0.1, -0.05) is 19.4 Å². The SMILES string of the molecule is CCC1CN2CCc3c([nH]c4cccc(OC)c34)C2CC1/C(=C\OC)C(=O)N1CCNCC1. The summed E-state index contributed by atoms with van der Waals surface area (Å²) >= 11 is 0. The third kappa shape index (κ3) is 3.91. The average Bonchev–Trinajstić information content (AvgIpc) is 3.26. The first-order valence-corrected chi connectivity index (χ1v) is 12.3. The zero-order valence-corrected chi connectivity index (χ0v) is 20.0. The van der Waals surface area contributed by atoms with Crippen molar-refractivity contribution in [3.8, 4) is 5.75 Å². The second-order valence-electron chi connectivity index (χ2n) is 9.52. The number of nitrogens with zero attached hydrogens (tertiary/aromatic N) is 2. The summed E-state index contributed by atoms with van der Waals surface area (Å²) in [5.74, 6) is 1.70. The van der Waals surface area contributed by atoms with E-state index >= 15 is 0 Å². The van der Waals surface area contributed by atoms with E-state index in [1.807, 2.05) is 17.0 Å². The lowest BCUT2D eigenvalue weighted by Crippen LogP contribution is -2.50. The molecule has 2 N–H and O–H groups in total. The van der Waals surface area contributed by atoms with E-state index in [9.17, 15) is 4.79 Å². The summed E-state index contributed by atoms with van der Waals surface area (Å²) in [7, 11) is 3.40. The fourth-order valence-corrected chi connectivity index (χ4v) is 6.23. The summed E-state index contributed by atoms with van der Waals surface area (Å²) in [5.41, 5.74) is 4.65. The first-order valence-electron chi connectivity index (χ1n) is 12.3. The number of methoxy groups -OCH3 is 2. The van der Waals surface area contributed by atoms with Gasteiger partial charge < -0.3 is 24.7 Å². The Morgan fingerprint density at radius 3 is 2.76 bits per heavy atom. The fraction of sp³-hybridized carbons (Fsp3) is 0.577. The largest absolute Gasteiger partial charge is 0.504 e. The average molecular weight is 453 g/mol. The molecule has 2 fully saturated rings. The van der Waals surface area contributed by atoms with Gasteiger partial charge in [0.2, 0.25) is 0 Å². The van der Waals surface area contributed by atoms with Crippen molar-refractivity contribution in [1.29, 1.82) is 0 Å². The van der Waals surface area contributed by atoms with E-state index in [-0.39, 0.29) is 17.9 Å². The van der Waals surface area contributed by atoms with Crippen LogP contribution < -0.4 is 10.1 Å². The normalized spacial score (nSPS) is 26.1. The summed E-state index contributed by atoms with van der Waals surface area (Å²) < 4.78 is 11.2. The maximum Gasteiger partial charge on any atom is 0.253 e. The van der Waals surface area contributed by atoms with Crippen LogP contribution in [0, 0.1) is 11.8 Å². The number of hydrogen-bond donors (Lipinski definition) is 2. The van der Waals surface area contributed by atoms with Crippen LogP contribution in [0.15, 0.2) is 30.0 Å². The highest BCUT2D eigenvalue weighted by Crippen LogP contribution is 2.47. The minimum absolute atomic E-state index is 0.143. The van der Waals surface area contributed by atoms with Crippen molar-refractivity contribution < 1.29 is 14.3 Å². The molecule has 2 saturated heterocycles. The van der Waals surface area contributed by atoms with Gasteiger partial charge in [0, 0.05) is 55.9 Å². The molecule has 7 nitrogen and oxygen atoms in total. The second kappa shape index (κ2) is 9.39. The number of nitrogens with one attached hydrogen (secondary N) is 2. The number of carbonyl (C=O) groups is 1. The molecule has 0 bridgehead atoms. The van der Waals surface area contributed by atoms with Gasteiger partial charge in [0.15, 0.2) is 0 Å². The van der Waals surface area contributed by atoms with Gasteiger partial charge in [-0.05, 0) is 42.4 Å². The van der Waals surface area contributed by atoms with Crippen molar-refractivity contribution in [3.63, 3.8) is 0 Å². The molecular formula is C26H36N4O3. The molecule has 3 atom stereocenters.